The molecule has 4 aromatic carbocycles. The fourth-order valence-corrected chi connectivity index (χ4v) is 5.93. The summed E-state index contributed by atoms with van der Waals surface area (Å²) in [7, 11) is 3.31. The predicted octanol–water partition coefficient (Wildman–Crippen LogP) is 5.69. The second-order valence-corrected chi connectivity index (χ2v) is 13.0. The number of aliphatic hydroxyl groups is 2. The predicted molar refractivity (Wildman–Crippen MR) is 193 cm³/mol. The summed E-state index contributed by atoms with van der Waals surface area (Å²) in [4.78, 5) is 45.7. The maximum absolute atomic E-state index is 13.3. The fourth-order valence-electron chi connectivity index (χ4n) is 5.93. The zero-order valence-corrected chi connectivity index (χ0v) is 28.9. The minimum absolute atomic E-state index is 0.428. The number of rotatable bonds is 8. The van der Waals surface area contributed by atoms with Crippen molar-refractivity contribution in [3.05, 3.63) is 131 Å². The smallest absolute Gasteiger partial charge is 0.259 e. The Balaban J connectivity index is 1.17. The topological polar surface area (TPSA) is 138 Å². The van der Waals surface area contributed by atoms with E-state index in [2.05, 4.69) is 21.8 Å². The number of carbonyl (C=O) groups is 2. The molecule has 254 valence electrons. The van der Waals surface area contributed by atoms with Crippen LogP contribution < -0.4 is 0 Å². The first kappa shape index (κ1) is 34.1. The molecule has 6 aromatic rings. The van der Waals surface area contributed by atoms with Crippen LogP contribution in [0.1, 0.15) is 73.7 Å². The van der Waals surface area contributed by atoms with E-state index in [0.717, 1.165) is 33.2 Å². The molecule has 0 aliphatic rings. The molecule has 50 heavy (non-hydrogen) atoms. The van der Waals surface area contributed by atoms with Gasteiger partial charge in [-0.1, -0.05) is 72.5 Å². The largest absolute Gasteiger partial charge is 0.376 e. The molecule has 2 amide bonds. The second kappa shape index (κ2) is 13.3. The molecule has 0 fully saturated rings. The summed E-state index contributed by atoms with van der Waals surface area (Å²) in [5.74, 6) is 6.76. The van der Waals surface area contributed by atoms with Crippen LogP contribution in [0.5, 0.6) is 0 Å². The Morgan fingerprint density at radius 3 is 1.36 bits per heavy atom. The van der Waals surface area contributed by atoms with Gasteiger partial charge in [-0.3, -0.25) is 9.59 Å². The quantitative estimate of drug-likeness (QED) is 0.154. The van der Waals surface area contributed by atoms with Gasteiger partial charge in [-0.2, -0.15) is 0 Å². The molecule has 10 nitrogen and oxygen atoms in total. The van der Waals surface area contributed by atoms with Gasteiger partial charge in [-0.05, 0) is 75.2 Å². The third-order valence-electron chi connectivity index (χ3n) is 9.45. The van der Waals surface area contributed by atoms with Crippen molar-refractivity contribution in [2.75, 3.05) is 14.1 Å². The highest BCUT2D eigenvalue weighted by Gasteiger charge is 2.38. The lowest BCUT2D eigenvalue weighted by Crippen LogP contribution is -2.44. The number of benzene rings is 4. The average Bonchev–Trinajstić information content (AvgIpc) is 3.77. The van der Waals surface area contributed by atoms with Gasteiger partial charge in [-0.25, -0.2) is 9.97 Å². The van der Waals surface area contributed by atoms with Crippen LogP contribution in [0.3, 0.4) is 0 Å². The van der Waals surface area contributed by atoms with Gasteiger partial charge in [0.25, 0.3) is 11.8 Å². The first-order chi connectivity index (χ1) is 23.8. The van der Waals surface area contributed by atoms with Crippen molar-refractivity contribution in [1.82, 2.24) is 29.7 Å². The third-order valence-corrected chi connectivity index (χ3v) is 9.45. The molecule has 2 unspecified atom stereocenters. The van der Waals surface area contributed by atoms with Crippen molar-refractivity contribution in [2.24, 2.45) is 0 Å². The van der Waals surface area contributed by atoms with Crippen LogP contribution in [-0.4, -0.2) is 65.9 Å². The lowest BCUT2D eigenvalue weighted by atomic mass is 9.94. The van der Waals surface area contributed by atoms with Crippen LogP contribution in [0.15, 0.2) is 97.1 Å². The van der Waals surface area contributed by atoms with Gasteiger partial charge in [-0.15, -0.1) is 0 Å². The van der Waals surface area contributed by atoms with Gasteiger partial charge in [0.15, 0.2) is 11.2 Å². The number of H-pyrrole nitrogens is 2. The highest BCUT2D eigenvalue weighted by molar-refractivity contribution is 5.87. The molecule has 6 rings (SSSR count). The molecule has 2 aromatic heterocycles. The van der Waals surface area contributed by atoms with Gasteiger partial charge >= 0.3 is 0 Å². The lowest BCUT2D eigenvalue weighted by Gasteiger charge is -2.31. The van der Waals surface area contributed by atoms with E-state index < -0.39 is 35.1 Å². The molecule has 2 heterocycles. The molecule has 4 N–H and O–H groups in total. The summed E-state index contributed by atoms with van der Waals surface area (Å²) in [5.41, 5.74) is 2.27. The number of likely N-dealkylation sites (N-methyl/N-ethyl adjacent to an activating group) is 2. The minimum atomic E-state index is -1.68. The van der Waals surface area contributed by atoms with Crippen molar-refractivity contribution in [3.63, 3.8) is 0 Å². The van der Waals surface area contributed by atoms with Gasteiger partial charge in [0.05, 0.1) is 34.2 Å². The van der Waals surface area contributed by atoms with Gasteiger partial charge < -0.3 is 30.0 Å². The molecule has 0 spiro atoms. The molecule has 0 bridgehead atoms. The number of nitrogens with one attached hydrogen (secondary N) is 2. The Kier molecular flexibility index (Phi) is 9.06. The van der Waals surface area contributed by atoms with Crippen LogP contribution >= 0.6 is 0 Å². The van der Waals surface area contributed by atoms with Crippen LogP contribution in [0.2, 0.25) is 0 Å². The third kappa shape index (κ3) is 6.49. The van der Waals surface area contributed by atoms with E-state index in [1.54, 1.807) is 62.6 Å². The van der Waals surface area contributed by atoms with Gasteiger partial charge in [0.1, 0.15) is 11.6 Å². The summed E-state index contributed by atoms with van der Waals surface area (Å²) in [6.45, 7) is 6.73. The number of aromatic amines is 2. The molecule has 0 saturated heterocycles. The standard InChI is InChI=1S/C40H40N6O4/c1-25(45(5)37(47)39(3,49)29-13-9-7-10-14-29)35-41-31-21-19-27(23-33(31)43-35)17-18-28-20-22-32-34(24-28)44-36(42-32)26(2)46(6)38(48)40(4,50)30-15-11-8-12-16-30/h7-16,19-26,49-50H,1-6H3,(H,41,43)(H,42,44)/t25-,26-,39?,40?/m0/s1. The number of carbonyl (C=O) groups excluding carboxylic acids is 2. The van der Waals surface area contributed by atoms with Crippen molar-refractivity contribution in [2.45, 2.75) is 51.0 Å². The number of hydrogen-bond acceptors (Lipinski definition) is 6. The molecular formula is C40H40N6O4. The summed E-state index contributed by atoms with van der Waals surface area (Å²) < 4.78 is 0. The van der Waals surface area contributed by atoms with Crippen molar-refractivity contribution in [3.8, 4) is 11.8 Å². The summed E-state index contributed by atoms with van der Waals surface area (Å²) in [5, 5.41) is 22.1. The Morgan fingerprint density at radius 2 is 1.00 bits per heavy atom. The molecular weight excluding hydrogens is 628 g/mol. The first-order valence-electron chi connectivity index (χ1n) is 16.4. The minimum Gasteiger partial charge on any atom is -0.376 e. The maximum Gasteiger partial charge on any atom is 0.259 e. The molecule has 4 atom stereocenters. The second-order valence-electron chi connectivity index (χ2n) is 13.0. The van der Waals surface area contributed by atoms with Crippen molar-refractivity contribution >= 4 is 33.9 Å². The monoisotopic (exact) mass is 668 g/mol. The Bertz CT molecular complexity index is 2090. The fraction of sp³-hybridized carbons (Fsp3) is 0.250. The van der Waals surface area contributed by atoms with Crippen molar-refractivity contribution < 1.29 is 19.8 Å². The van der Waals surface area contributed by atoms with Gasteiger partial charge in [0.2, 0.25) is 0 Å². The van der Waals surface area contributed by atoms with E-state index >= 15 is 0 Å². The van der Waals surface area contributed by atoms with E-state index in [4.69, 9.17) is 9.97 Å². The first-order valence-corrected chi connectivity index (χ1v) is 16.4. The van der Waals surface area contributed by atoms with E-state index in [9.17, 15) is 19.8 Å². The normalized spacial score (nSPS) is 15.0. The summed E-state index contributed by atoms with van der Waals surface area (Å²) >= 11 is 0. The van der Waals surface area contributed by atoms with Crippen LogP contribution in [0.4, 0.5) is 0 Å². The molecule has 0 aliphatic carbocycles. The van der Waals surface area contributed by atoms with Crippen LogP contribution in [-0.2, 0) is 20.8 Å². The van der Waals surface area contributed by atoms with E-state index in [1.807, 2.05) is 62.4 Å². The van der Waals surface area contributed by atoms with Gasteiger partial charge in [0, 0.05) is 25.2 Å². The Labute approximate surface area is 290 Å². The highest BCUT2D eigenvalue weighted by Crippen LogP contribution is 2.29. The molecule has 0 saturated carbocycles. The SMILES string of the molecule is C[C@@H](c1nc2ccc(C#Cc3ccc4nc([C@H](C)N(C)C(=O)C(C)(O)c5ccccc5)[nH]c4c3)cc2[nH]1)N(C)C(=O)C(C)(O)c1ccccc1. The summed E-state index contributed by atoms with van der Waals surface area (Å²) in [6.07, 6.45) is 0. The highest BCUT2D eigenvalue weighted by atomic mass is 16.3. The maximum atomic E-state index is 13.3. The number of nitrogens with zero attached hydrogens (tertiary/aromatic N) is 4. The van der Waals surface area contributed by atoms with E-state index in [-0.39, 0.29) is 0 Å². The number of hydrogen-bond donors (Lipinski definition) is 4. The van der Waals surface area contributed by atoms with Crippen LogP contribution in [0.25, 0.3) is 22.1 Å². The Hall–Kier alpha value is -5.76. The lowest BCUT2D eigenvalue weighted by molar-refractivity contribution is -0.151. The number of imidazole rings is 2. The molecule has 0 radical (unpaired) electrons. The number of fused-ring (bicyclic) bond motifs is 2. The zero-order valence-electron chi connectivity index (χ0n) is 28.9. The average molecular weight is 669 g/mol. The van der Waals surface area contributed by atoms with E-state index in [0.29, 0.717) is 22.8 Å². The molecule has 10 heteroatoms. The van der Waals surface area contributed by atoms with Crippen LogP contribution in [0, 0.1) is 11.8 Å². The van der Waals surface area contributed by atoms with Crippen molar-refractivity contribution in [1.29, 1.82) is 0 Å². The zero-order chi connectivity index (χ0) is 35.8. The molecule has 0 aliphatic heterocycles. The van der Waals surface area contributed by atoms with E-state index in [1.165, 1.54) is 23.6 Å². The number of aromatic nitrogens is 4. The summed E-state index contributed by atoms with van der Waals surface area (Å²) in [6, 6.07) is 28.3. The number of amides is 2. The Morgan fingerprint density at radius 1 is 0.640 bits per heavy atom.